The molecule has 0 saturated heterocycles. The molecule has 122 valence electrons. The van der Waals surface area contributed by atoms with Crippen LogP contribution in [0.4, 0.5) is 0 Å². The van der Waals surface area contributed by atoms with E-state index in [4.69, 9.17) is 13.9 Å². The summed E-state index contributed by atoms with van der Waals surface area (Å²) in [6, 6.07) is 6.80. The summed E-state index contributed by atoms with van der Waals surface area (Å²) in [6.07, 6.45) is 3.94. The lowest BCUT2D eigenvalue weighted by Crippen LogP contribution is -2.03. The van der Waals surface area contributed by atoms with Crippen molar-refractivity contribution in [1.29, 1.82) is 0 Å². The van der Waals surface area contributed by atoms with E-state index in [9.17, 15) is 4.79 Å². The Morgan fingerprint density at radius 1 is 0.957 bits per heavy atom. The van der Waals surface area contributed by atoms with Crippen LogP contribution < -0.4 is 15.1 Å². The quantitative estimate of drug-likeness (QED) is 0.582. The van der Waals surface area contributed by atoms with Gasteiger partial charge in [-0.25, -0.2) is 4.79 Å². The van der Waals surface area contributed by atoms with Crippen LogP contribution in [0.3, 0.4) is 0 Å². The van der Waals surface area contributed by atoms with E-state index in [1.807, 2.05) is 52.0 Å². The van der Waals surface area contributed by atoms with Gasteiger partial charge >= 0.3 is 5.63 Å². The normalized spacial score (nSPS) is 10.3. The minimum absolute atomic E-state index is 0.388. The fourth-order valence-electron chi connectivity index (χ4n) is 1.93. The van der Waals surface area contributed by atoms with Crippen molar-refractivity contribution in [2.45, 2.75) is 27.7 Å². The average molecular weight is 314 g/mol. The summed E-state index contributed by atoms with van der Waals surface area (Å²) in [5.41, 5.74) is 2.32. The van der Waals surface area contributed by atoms with Gasteiger partial charge in [-0.15, -0.1) is 0 Å². The Morgan fingerprint density at radius 2 is 1.57 bits per heavy atom. The molecule has 0 radical (unpaired) electrons. The summed E-state index contributed by atoms with van der Waals surface area (Å²) >= 11 is 0. The minimum Gasteiger partial charge on any atom is -0.485 e. The van der Waals surface area contributed by atoms with Crippen LogP contribution in [0.2, 0.25) is 0 Å². The zero-order valence-electron chi connectivity index (χ0n) is 14.0. The number of hydrogen-bond acceptors (Lipinski definition) is 4. The number of fused-ring (bicyclic) bond motifs is 1. The molecule has 4 heteroatoms. The molecular weight excluding hydrogens is 292 g/mol. The molecule has 0 atom stereocenters. The molecule has 23 heavy (non-hydrogen) atoms. The first-order chi connectivity index (χ1) is 11.0. The lowest BCUT2D eigenvalue weighted by atomic mass is 10.2. The molecule has 2 aromatic rings. The number of rotatable bonds is 6. The Bertz CT molecular complexity index is 789. The third-order valence-electron chi connectivity index (χ3n) is 3.16. The van der Waals surface area contributed by atoms with Gasteiger partial charge in [-0.05, 0) is 58.0 Å². The fourth-order valence-corrected chi connectivity index (χ4v) is 1.93. The van der Waals surface area contributed by atoms with Crippen LogP contribution in [0.15, 0.2) is 56.8 Å². The van der Waals surface area contributed by atoms with Crippen molar-refractivity contribution in [2.75, 3.05) is 13.2 Å². The van der Waals surface area contributed by atoms with Gasteiger partial charge in [0.2, 0.25) is 5.75 Å². The minimum atomic E-state index is -0.411. The SMILES string of the molecule is CC(C)=CCOc1ccc2ccc(=O)oc2c1OCC=C(C)C. The number of ether oxygens (including phenoxy) is 2. The smallest absolute Gasteiger partial charge is 0.336 e. The number of hydrogen-bond donors (Lipinski definition) is 0. The highest BCUT2D eigenvalue weighted by molar-refractivity contribution is 5.85. The molecule has 0 N–H and O–H groups in total. The second kappa shape index (κ2) is 7.68. The van der Waals surface area contributed by atoms with E-state index in [-0.39, 0.29) is 0 Å². The van der Waals surface area contributed by atoms with Crippen LogP contribution in [-0.2, 0) is 0 Å². The van der Waals surface area contributed by atoms with Gasteiger partial charge in [0, 0.05) is 11.5 Å². The largest absolute Gasteiger partial charge is 0.485 e. The van der Waals surface area contributed by atoms with Gasteiger partial charge in [0.15, 0.2) is 11.3 Å². The van der Waals surface area contributed by atoms with Crippen LogP contribution in [0.5, 0.6) is 11.5 Å². The topological polar surface area (TPSA) is 48.7 Å². The third-order valence-corrected chi connectivity index (χ3v) is 3.16. The van der Waals surface area contributed by atoms with Crippen LogP contribution >= 0.6 is 0 Å². The van der Waals surface area contributed by atoms with Gasteiger partial charge in [0.05, 0.1) is 0 Å². The van der Waals surface area contributed by atoms with Gasteiger partial charge in [-0.3, -0.25) is 0 Å². The van der Waals surface area contributed by atoms with Crippen molar-refractivity contribution in [3.05, 3.63) is 58.0 Å². The monoisotopic (exact) mass is 314 g/mol. The van der Waals surface area contributed by atoms with Crippen LogP contribution in [-0.4, -0.2) is 13.2 Å². The van der Waals surface area contributed by atoms with Crippen molar-refractivity contribution < 1.29 is 13.9 Å². The standard InChI is InChI=1S/C19H22O4/c1-13(2)9-11-21-16-7-5-15-6-8-17(20)23-18(15)19(16)22-12-10-14(3)4/h5-10H,11-12H2,1-4H3. The molecule has 4 nitrogen and oxygen atoms in total. The Balaban J connectivity index is 2.41. The molecule has 1 heterocycles. The van der Waals surface area contributed by atoms with Crippen LogP contribution in [0.25, 0.3) is 11.0 Å². The van der Waals surface area contributed by atoms with Gasteiger partial charge < -0.3 is 13.9 Å². The van der Waals surface area contributed by atoms with Gasteiger partial charge in [-0.1, -0.05) is 11.1 Å². The van der Waals surface area contributed by atoms with E-state index < -0.39 is 5.63 Å². The van der Waals surface area contributed by atoms with Crippen LogP contribution in [0.1, 0.15) is 27.7 Å². The summed E-state index contributed by atoms with van der Waals surface area (Å²) < 4.78 is 16.9. The zero-order valence-corrected chi connectivity index (χ0v) is 14.0. The lowest BCUT2D eigenvalue weighted by Gasteiger charge is -2.12. The second-order valence-corrected chi connectivity index (χ2v) is 5.75. The van der Waals surface area contributed by atoms with Crippen LogP contribution in [0, 0.1) is 0 Å². The molecule has 0 bridgehead atoms. The lowest BCUT2D eigenvalue weighted by molar-refractivity contribution is 0.305. The second-order valence-electron chi connectivity index (χ2n) is 5.75. The Morgan fingerprint density at radius 3 is 2.22 bits per heavy atom. The van der Waals surface area contributed by atoms with E-state index in [1.165, 1.54) is 11.6 Å². The third kappa shape index (κ3) is 4.74. The fraction of sp³-hybridized carbons (Fsp3) is 0.316. The van der Waals surface area contributed by atoms with Crippen molar-refractivity contribution in [3.8, 4) is 11.5 Å². The summed E-state index contributed by atoms with van der Waals surface area (Å²) in [4.78, 5) is 11.5. The van der Waals surface area contributed by atoms with Crippen molar-refractivity contribution in [2.24, 2.45) is 0 Å². The zero-order chi connectivity index (χ0) is 16.8. The molecule has 0 saturated carbocycles. The molecule has 1 aromatic heterocycles. The first-order valence-electron chi connectivity index (χ1n) is 7.56. The van der Waals surface area contributed by atoms with E-state index in [2.05, 4.69) is 0 Å². The summed E-state index contributed by atoms with van der Waals surface area (Å²) in [6.45, 7) is 8.84. The first-order valence-corrected chi connectivity index (χ1v) is 7.56. The summed E-state index contributed by atoms with van der Waals surface area (Å²) in [5.74, 6) is 1.02. The predicted octanol–water partition coefficient (Wildman–Crippen LogP) is 4.48. The number of allylic oxidation sites excluding steroid dienone is 2. The molecule has 0 aliphatic rings. The van der Waals surface area contributed by atoms with E-state index in [0.29, 0.717) is 30.3 Å². The summed E-state index contributed by atoms with van der Waals surface area (Å²) in [7, 11) is 0. The molecule has 0 amide bonds. The molecule has 0 fully saturated rings. The molecular formula is C19H22O4. The van der Waals surface area contributed by atoms with Gasteiger partial charge in [0.1, 0.15) is 13.2 Å². The molecule has 2 rings (SSSR count). The first kappa shape index (κ1) is 16.9. The van der Waals surface area contributed by atoms with E-state index >= 15 is 0 Å². The van der Waals surface area contributed by atoms with Crippen molar-refractivity contribution >= 4 is 11.0 Å². The highest BCUT2D eigenvalue weighted by Gasteiger charge is 2.13. The molecule has 0 aliphatic heterocycles. The van der Waals surface area contributed by atoms with Gasteiger partial charge in [-0.2, -0.15) is 0 Å². The maximum Gasteiger partial charge on any atom is 0.336 e. The van der Waals surface area contributed by atoms with Crippen molar-refractivity contribution in [1.82, 2.24) is 0 Å². The number of benzene rings is 1. The van der Waals surface area contributed by atoms with E-state index in [0.717, 1.165) is 11.0 Å². The van der Waals surface area contributed by atoms with E-state index in [1.54, 1.807) is 6.07 Å². The predicted molar refractivity (Wildman–Crippen MR) is 92.3 cm³/mol. The van der Waals surface area contributed by atoms with Crippen molar-refractivity contribution in [3.63, 3.8) is 0 Å². The maximum atomic E-state index is 11.5. The molecule has 0 unspecified atom stereocenters. The average Bonchev–Trinajstić information content (AvgIpc) is 2.48. The Labute approximate surface area is 136 Å². The maximum absolute atomic E-state index is 11.5. The highest BCUT2D eigenvalue weighted by Crippen LogP contribution is 2.35. The molecule has 1 aromatic carbocycles. The Hall–Kier alpha value is -2.49. The summed E-state index contributed by atoms with van der Waals surface area (Å²) in [5, 5.41) is 0.798. The highest BCUT2D eigenvalue weighted by atomic mass is 16.5. The Kier molecular flexibility index (Phi) is 5.63. The molecule has 0 spiro atoms. The molecule has 0 aliphatic carbocycles. The van der Waals surface area contributed by atoms with Gasteiger partial charge in [0.25, 0.3) is 0 Å².